The van der Waals surface area contributed by atoms with Crippen molar-refractivity contribution in [2.45, 2.75) is 38.7 Å². The van der Waals surface area contributed by atoms with E-state index in [0.717, 1.165) is 25.7 Å². The average molecular weight is 286 g/mol. The smallest absolute Gasteiger partial charge is 0.142 e. The average Bonchev–Trinajstić information content (AvgIpc) is 2.42. The lowest BCUT2D eigenvalue weighted by atomic mass is 9.66. The molecule has 3 N–H and O–H groups in total. The largest absolute Gasteiger partial charge is 0.388 e. The Hall–Kier alpha value is -0.640. The van der Waals surface area contributed by atoms with E-state index in [1.807, 2.05) is 0 Å². The van der Waals surface area contributed by atoms with Crippen molar-refractivity contribution in [3.63, 3.8) is 0 Å². The van der Waals surface area contributed by atoms with Crippen LogP contribution in [-0.4, -0.2) is 11.7 Å². The fourth-order valence-corrected chi connectivity index (χ4v) is 3.08. The number of aliphatic hydroxyl groups is 1. The second-order valence-electron chi connectivity index (χ2n) is 5.83. The van der Waals surface area contributed by atoms with Crippen molar-refractivity contribution in [2.24, 2.45) is 17.1 Å². The summed E-state index contributed by atoms with van der Waals surface area (Å²) in [5, 5.41) is 10.7. The highest BCUT2D eigenvalue weighted by Gasteiger charge is 2.40. The summed E-state index contributed by atoms with van der Waals surface area (Å²) < 4.78 is 13.5. The van der Waals surface area contributed by atoms with Crippen molar-refractivity contribution in [3.05, 3.63) is 34.6 Å². The lowest BCUT2D eigenvalue weighted by Gasteiger charge is -2.42. The molecule has 0 amide bonds. The summed E-state index contributed by atoms with van der Waals surface area (Å²) in [6.07, 6.45) is 3.16. The predicted molar refractivity (Wildman–Crippen MR) is 75.5 cm³/mol. The van der Waals surface area contributed by atoms with Crippen LogP contribution in [0.1, 0.15) is 44.3 Å². The number of benzene rings is 1. The van der Waals surface area contributed by atoms with Gasteiger partial charge in [-0.05, 0) is 36.5 Å². The lowest BCUT2D eigenvalue weighted by molar-refractivity contribution is -0.00834. The second kappa shape index (κ2) is 5.78. The van der Waals surface area contributed by atoms with E-state index in [2.05, 4.69) is 6.92 Å². The van der Waals surface area contributed by atoms with Crippen molar-refractivity contribution in [1.29, 1.82) is 0 Å². The van der Waals surface area contributed by atoms with Crippen LogP contribution in [0, 0.1) is 17.2 Å². The molecule has 19 heavy (non-hydrogen) atoms. The van der Waals surface area contributed by atoms with Crippen molar-refractivity contribution in [2.75, 3.05) is 6.54 Å². The zero-order valence-corrected chi connectivity index (χ0v) is 12.0. The Morgan fingerprint density at radius 2 is 2.11 bits per heavy atom. The van der Waals surface area contributed by atoms with Crippen molar-refractivity contribution in [3.8, 4) is 0 Å². The van der Waals surface area contributed by atoms with Gasteiger partial charge in [0, 0.05) is 12.0 Å². The van der Waals surface area contributed by atoms with Crippen LogP contribution < -0.4 is 5.73 Å². The molecule has 0 radical (unpaired) electrons. The molecule has 1 aliphatic carbocycles. The van der Waals surface area contributed by atoms with E-state index >= 15 is 0 Å². The van der Waals surface area contributed by atoms with Crippen LogP contribution in [0.5, 0.6) is 0 Å². The first kappa shape index (κ1) is 14.8. The molecular formula is C15H21ClFNO. The Balaban J connectivity index is 2.25. The molecular weight excluding hydrogens is 265 g/mol. The third-order valence-corrected chi connectivity index (χ3v) is 4.82. The van der Waals surface area contributed by atoms with E-state index in [-0.39, 0.29) is 10.4 Å². The maximum absolute atomic E-state index is 13.5. The van der Waals surface area contributed by atoms with E-state index in [1.165, 1.54) is 12.1 Å². The molecule has 1 aromatic carbocycles. The summed E-state index contributed by atoms with van der Waals surface area (Å²) in [7, 11) is 0. The molecule has 106 valence electrons. The van der Waals surface area contributed by atoms with Crippen molar-refractivity contribution in [1.82, 2.24) is 0 Å². The Kier molecular flexibility index (Phi) is 4.49. The van der Waals surface area contributed by atoms with Gasteiger partial charge in [0.2, 0.25) is 0 Å². The third-order valence-electron chi connectivity index (χ3n) is 4.52. The highest BCUT2D eigenvalue weighted by atomic mass is 35.5. The first-order valence-corrected chi connectivity index (χ1v) is 7.19. The van der Waals surface area contributed by atoms with Crippen LogP contribution in [0.25, 0.3) is 0 Å². The standard InChI is InChI=1S/C15H21ClFNO/c1-10-4-6-15(9-18,7-5-10)14(19)11-2-3-12(16)13(17)8-11/h2-3,8,10,14,19H,4-7,9,18H2,1H3. The quantitative estimate of drug-likeness (QED) is 0.890. The van der Waals surface area contributed by atoms with Crippen LogP contribution in [0.2, 0.25) is 5.02 Å². The maximum Gasteiger partial charge on any atom is 0.142 e. The normalized spacial score (nSPS) is 29.2. The number of halogens is 2. The van der Waals surface area contributed by atoms with E-state index in [4.69, 9.17) is 17.3 Å². The minimum absolute atomic E-state index is 0.0787. The zero-order chi connectivity index (χ0) is 14.0. The van der Waals surface area contributed by atoms with Crippen LogP contribution in [-0.2, 0) is 0 Å². The molecule has 2 nitrogen and oxygen atoms in total. The Labute approximate surface area is 118 Å². The fraction of sp³-hybridized carbons (Fsp3) is 0.600. The highest BCUT2D eigenvalue weighted by molar-refractivity contribution is 6.30. The Morgan fingerprint density at radius 3 is 2.63 bits per heavy atom. The van der Waals surface area contributed by atoms with Crippen LogP contribution in [0.3, 0.4) is 0 Å². The van der Waals surface area contributed by atoms with E-state index in [0.29, 0.717) is 18.0 Å². The van der Waals surface area contributed by atoms with Gasteiger partial charge in [-0.15, -0.1) is 0 Å². The maximum atomic E-state index is 13.5. The topological polar surface area (TPSA) is 46.2 Å². The SMILES string of the molecule is CC1CCC(CN)(C(O)c2ccc(Cl)c(F)c2)CC1. The summed E-state index contributed by atoms with van der Waals surface area (Å²) in [6.45, 7) is 2.64. The summed E-state index contributed by atoms with van der Waals surface area (Å²) in [5.74, 6) is 0.184. The van der Waals surface area contributed by atoms with Crippen molar-refractivity contribution >= 4 is 11.6 Å². The molecule has 1 fully saturated rings. The predicted octanol–water partition coefficient (Wildman–Crippen LogP) is 3.67. The molecule has 1 aromatic rings. The number of hydrogen-bond acceptors (Lipinski definition) is 2. The van der Waals surface area contributed by atoms with E-state index in [9.17, 15) is 9.50 Å². The van der Waals surface area contributed by atoms with Crippen LogP contribution >= 0.6 is 11.6 Å². The Morgan fingerprint density at radius 1 is 1.47 bits per heavy atom. The molecule has 0 spiro atoms. The molecule has 0 bridgehead atoms. The molecule has 1 unspecified atom stereocenters. The van der Waals surface area contributed by atoms with Gasteiger partial charge in [0.15, 0.2) is 0 Å². The molecule has 1 aliphatic rings. The minimum atomic E-state index is -0.725. The molecule has 0 aliphatic heterocycles. The molecule has 2 rings (SSSR count). The monoisotopic (exact) mass is 285 g/mol. The summed E-state index contributed by atoms with van der Waals surface area (Å²) in [5.41, 5.74) is 6.15. The summed E-state index contributed by atoms with van der Waals surface area (Å²) >= 11 is 5.68. The summed E-state index contributed by atoms with van der Waals surface area (Å²) in [4.78, 5) is 0. The van der Waals surface area contributed by atoms with Gasteiger partial charge in [-0.3, -0.25) is 0 Å². The number of aliphatic hydroxyl groups excluding tert-OH is 1. The number of hydrogen-bond donors (Lipinski definition) is 2. The minimum Gasteiger partial charge on any atom is -0.388 e. The Bertz CT molecular complexity index is 444. The van der Waals surface area contributed by atoms with Gasteiger partial charge in [0.1, 0.15) is 5.82 Å². The van der Waals surface area contributed by atoms with Gasteiger partial charge >= 0.3 is 0 Å². The molecule has 4 heteroatoms. The van der Waals surface area contributed by atoms with Gasteiger partial charge in [-0.25, -0.2) is 4.39 Å². The first-order valence-electron chi connectivity index (χ1n) is 6.81. The molecule has 0 heterocycles. The first-order chi connectivity index (χ1) is 8.98. The van der Waals surface area contributed by atoms with Gasteiger partial charge in [0.25, 0.3) is 0 Å². The summed E-state index contributed by atoms with van der Waals surface area (Å²) in [6, 6.07) is 4.50. The van der Waals surface area contributed by atoms with E-state index in [1.54, 1.807) is 6.07 Å². The molecule has 0 aromatic heterocycles. The van der Waals surface area contributed by atoms with Gasteiger partial charge < -0.3 is 10.8 Å². The van der Waals surface area contributed by atoms with Gasteiger partial charge in [-0.2, -0.15) is 0 Å². The second-order valence-corrected chi connectivity index (χ2v) is 6.23. The molecule has 1 saturated carbocycles. The number of rotatable bonds is 3. The van der Waals surface area contributed by atoms with Crippen LogP contribution in [0.15, 0.2) is 18.2 Å². The van der Waals surface area contributed by atoms with Gasteiger partial charge in [-0.1, -0.05) is 37.4 Å². The van der Waals surface area contributed by atoms with Crippen molar-refractivity contribution < 1.29 is 9.50 Å². The lowest BCUT2D eigenvalue weighted by Crippen LogP contribution is -2.40. The highest BCUT2D eigenvalue weighted by Crippen LogP contribution is 2.47. The number of nitrogens with two attached hydrogens (primary N) is 1. The van der Waals surface area contributed by atoms with Gasteiger partial charge in [0.05, 0.1) is 11.1 Å². The van der Waals surface area contributed by atoms with E-state index < -0.39 is 11.9 Å². The molecule has 0 saturated heterocycles. The zero-order valence-electron chi connectivity index (χ0n) is 11.2. The fourth-order valence-electron chi connectivity index (χ4n) is 2.96. The van der Waals surface area contributed by atoms with Crippen LogP contribution in [0.4, 0.5) is 4.39 Å². The third kappa shape index (κ3) is 2.93. The molecule has 1 atom stereocenters.